The van der Waals surface area contributed by atoms with Crippen LogP contribution >= 0.6 is 31.9 Å². The third-order valence-corrected chi connectivity index (χ3v) is 2.79. The first-order chi connectivity index (χ1) is 4.22. The summed E-state index contributed by atoms with van der Waals surface area (Å²) in [5, 5.41) is 0.441. The van der Waals surface area contributed by atoms with Gasteiger partial charge in [-0.05, 0) is 0 Å². The molecule has 0 aliphatic carbocycles. The normalized spacial score (nSPS) is 11.8. The van der Waals surface area contributed by atoms with Gasteiger partial charge < -0.3 is 0 Å². The summed E-state index contributed by atoms with van der Waals surface area (Å²) < 4.78 is 0. The molecule has 0 aromatic rings. The lowest BCUT2D eigenvalue weighted by atomic mass is 10.5. The van der Waals surface area contributed by atoms with Gasteiger partial charge in [0.25, 0.3) is 5.91 Å². The second kappa shape index (κ2) is 4.85. The molecular formula is C4H3Br2NO2. The number of nitrogens with zero attached hydrogens (tertiary/aromatic N) is 1. The predicted molar refractivity (Wildman–Crippen MR) is 39.6 cm³/mol. The van der Waals surface area contributed by atoms with E-state index in [-0.39, 0.29) is 0 Å². The Morgan fingerprint density at radius 3 is 2.67 bits per heavy atom. The Balaban J connectivity index is 3.87. The number of halogens is 2. The molecule has 0 N–H and O–H groups in total. The molecule has 0 fully saturated rings. The van der Waals surface area contributed by atoms with Crippen molar-refractivity contribution in [2.75, 3.05) is 5.33 Å². The Morgan fingerprint density at radius 2 is 2.33 bits per heavy atom. The van der Waals surface area contributed by atoms with Crippen molar-refractivity contribution in [1.29, 1.82) is 0 Å². The Kier molecular flexibility index (Phi) is 4.85. The van der Waals surface area contributed by atoms with Crippen LogP contribution in [0, 0.1) is 0 Å². The fourth-order valence-corrected chi connectivity index (χ4v) is 0.560. The van der Waals surface area contributed by atoms with Gasteiger partial charge in [-0.1, -0.05) is 31.9 Å². The molecule has 3 nitrogen and oxygen atoms in total. The summed E-state index contributed by atoms with van der Waals surface area (Å²) in [6.45, 7) is 0. The number of alkyl halides is 2. The summed E-state index contributed by atoms with van der Waals surface area (Å²) in [5.41, 5.74) is 0. The van der Waals surface area contributed by atoms with Gasteiger partial charge in [0.05, 0.1) is 0 Å². The molecule has 50 valence electrons. The van der Waals surface area contributed by atoms with E-state index >= 15 is 0 Å². The first-order valence-corrected chi connectivity index (χ1v) is 4.08. The Morgan fingerprint density at radius 1 is 1.78 bits per heavy atom. The summed E-state index contributed by atoms with van der Waals surface area (Å²) >= 11 is 6.00. The van der Waals surface area contributed by atoms with E-state index in [4.69, 9.17) is 0 Å². The average molecular weight is 257 g/mol. The van der Waals surface area contributed by atoms with Crippen LogP contribution in [0.3, 0.4) is 0 Å². The fourth-order valence-electron chi connectivity index (χ4n) is 0.181. The molecular weight excluding hydrogens is 254 g/mol. The maximum atomic E-state index is 10.5. The minimum atomic E-state index is -0.512. The van der Waals surface area contributed by atoms with Crippen molar-refractivity contribution in [2.45, 2.75) is 4.83 Å². The van der Waals surface area contributed by atoms with Crippen LogP contribution in [-0.4, -0.2) is 22.1 Å². The van der Waals surface area contributed by atoms with Crippen LogP contribution in [0.4, 0.5) is 0 Å². The summed E-state index contributed by atoms with van der Waals surface area (Å²) in [6, 6.07) is 0. The smallest absolute Gasteiger partial charge is 0.270 e. The molecule has 1 unspecified atom stereocenters. The Hall–Kier alpha value is 0.01000. The number of carbonyl (C=O) groups is 1. The van der Waals surface area contributed by atoms with Gasteiger partial charge in [0, 0.05) is 5.33 Å². The third kappa shape index (κ3) is 3.56. The molecule has 0 radical (unpaired) electrons. The van der Waals surface area contributed by atoms with E-state index in [9.17, 15) is 9.59 Å². The molecule has 0 aromatic carbocycles. The van der Waals surface area contributed by atoms with Crippen LogP contribution in [0.25, 0.3) is 0 Å². The number of amides is 1. The minimum absolute atomic E-state index is 0.418. The monoisotopic (exact) mass is 255 g/mol. The number of hydrogen-bond acceptors (Lipinski definition) is 2. The third-order valence-electron chi connectivity index (χ3n) is 0.559. The van der Waals surface area contributed by atoms with Crippen LogP contribution in [-0.2, 0) is 9.59 Å². The largest absolute Gasteiger partial charge is 0.271 e. The molecule has 1 amide bonds. The van der Waals surface area contributed by atoms with Crippen molar-refractivity contribution in [2.24, 2.45) is 4.99 Å². The standard InChI is InChI=1S/C4H3Br2NO2/c5-1-3(6)4(9)7-2-8/h3H,1H2. The van der Waals surface area contributed by atoms with Crippen molar-refractivity contribution in [1.82, 2.24) is 0 Å². The zero-order valence-electron chi connectivity index (χ0n) is 4.30. The molecule has 0 saturated heterocycles. The SMILES string of the molecule is O=C=NC(=O)C(Br)CBr. The Bertz CT molecular complexity index is 153. The first kappa shape index (κ1) is 9.01. The van der Waals surface area contributed by atoms with E-state index in [2.05, 4.69) is 36.9 Å². The van der Waals surface area contributed by atoms with Crippen molar-refractivity contribution < 1.29 is 9.59 Å². The van der Waals surface area contributed by atoms with Gasteiger partial charge in [0.1, 0.15) is 4.83 Å². The highest BCUT2D eigenvalue weighted by molar-refractivity contribution is 9.12. The average Bonchev–Trinajstić information content (AvgIpc) is 1.87. The maximum Gasteiger partial charge on any atom is 0.271 e. The number of hydrogen-bond donors (Lipinski definition) is 0. The highest BCUT2D eigenvalue weighted by Crippen LogP contribution is 2.04. The maximum absolute atomic E-state index is 10.5. The molecule has 0 heterocycles. The van der Waals surface area contributed by atoms with Gasteiger partial charge in [-0.2, -0.15) is 0 Å². The highest BCUT2D eigenvalue weighted by Gasteiger charge is 2.10. The predicted octanol–water partition coefficient (Wildman–Crippen LogP) is 1.01. The van der Waals surface area contributed by atoms with E-state index in [1.807, 2.05) is 0 Å². The quantitative estimate of drug-likeness (QED) is 0.421. The van der Waals surface area contributed by atoms with E-state index in [0.717, 1.165) is 6.08 Å². The number of carbonyl (C=O) groups excluding carboxylic acids is 2. The molecule has 0 rings (SSSR count). The van der Waals surface area contributed by atoms with Crippen LogP contribution in [0.2, 0.25) is 0 Å². The van der Waals surface area contributed by atoms with Crippen molar-refractivity contribution >= 4 is 43.8 Å². The second-order valence-corrected chi connectivity index (χ2v) is 2.92. The molecule has 0 bridgehead atoms. The lowest BCUT2D eigenvalue weighted by Crippen LogP contribution is -2.11. The topological polar surface area (TPSA) is 46.5 Å². The van der Waals surface area contributed by atoms with E-state index in [0.29, 0.717) is 5.33 Å². The van der Waals surface area contributed by atoms with E-state index in [1.54, 1.807) is 0 Å². The van der Waals surface area contributed by atoms with Crippen molar-refractivity contribution in [3.05, 3.63) is 0 Å². The van der Waals surface area contributed by atoms with Crippen LogP contribution in [0.5, 0.6) is 0 Å². The van der Waals surface area contributed by atoms with Gasteiger partial charge in [-0.3, -0.25) is 4.79 Å². The summed E-state index contributed by atoms with van der Waals surface area (Å²) in [7, 11) is 0. The second-order valence-electron chi connectivity index (χ2n) is 1.16. The fraction of sp³-hybridized carbons (Fsp3) is 0.500. The summed E-state index contributed by atoms with van der Waals surface area (Å²) in [6.07, 6.45) is 1.16. The van der Waals surface area contributed by atoms with E-state index < -0.39 is 10.7 Å². The zero-order valence-corrected chi connectivity index (χ0v) is 7.48. The lowest BCUT2D eigenvalue weighted by molar-refractivity contribution is -0.116. The Labute approximate surface area is 68.8 Å². The summed E-state index contributed by atoms with van der Waals surface area (Å²) in [5.74, 6) is -0.512. The molecule has 5 heteroatoms. The van der Waals surface area contributed by atoms with Crippen molar-refractivity contribution in [3.63, 3.8) is 0 Å². The van der Waals surface area contributed by atoms with Gasteiger partial charge in [0.2, 0.25) is 6.08 Å². The van der Waals surface area contributed by atoms with E-state index in [1.165, 1.54) is 0 Å². The molecule has 0 saturated carbocycles. The first-order valence-electron chi connectivity index (χ1n) is 2.04. The molecule has 1 atom stereocenters. The van der Waals surface area contributed by atoms with Gasteiger partial charge in [-0.15, -0.1) is 4.99 Å². The van der Waals surface area contributed by atoms with Crippen LogP contribution in [0.1, 0.15) is 0 Å². The number of rotatable bonds is 2. The van der Waals surface area contributed by atoms with Gasteiger partial charge in [0.15, 0.2) is 0 Å². The van der Waals surface area contributed by atoms with Gasteiger partial charge in [-0.25, -0.2) is 4.79 Å². The summed E-state index contributed by atoms with van der Waals surface area (Å²) in [4.78, 5) is 22.4. The van der Waals surface area contributed by atoms with Crippen molar-refractivity contribution in [3.8, 4) is 0 Å². The van der Waals surface area contributed by atoms with Gasteiger partial charge >= 0.3 is 0 Å². The molecule has 0 aliphatic heterocycles. The zero-order chi connectivity index (χ0) is 7.28. The minimum Gasteiger partial charge on any atom is -0.270 e. The van der Waals surface area contributed by atoms with Crippen LogP contribution < -0.4 is 0 Å². The molecule has 9 heavy (non-hydrogen) atoms. The lowest BCUT2D eigenvalue weighted by Gasteiger charge is -1.93. The number of aliphatic imine (C=N–C) groups is 1. The highest BCUT2D eigenvalue weighted by atomic mass is 79.9. The molecule has 0 aliphatic rings. The number of isocyanates is 1. The molecule has 0 aromatic heterocycles. The van der Waals surface area contributed by atoms with Crippen LogP contribution in [0.15, 0.2) is 4.99 Å². The molecule has 0 spiro atoms.